The molecule has 158 valence electrons. The maximum absolute atomic E-state index is 12.9. The van der Waals surface area contributed by atoms with E-state index in [1.807, 2.05) is 0 Å². The summed E-state index contributed by atoms with van der Waals surface area (Å²) in [4.78, 5) is 31.6. The Bertz CT molecular complexity index is 1130. The van der Waals surface area contributed by atoms with E-state index in [4.69, 9.17) is 0 Å². The van der Waals surface area contributed by atoms with E-state index in [0.29, 0.717) is 10.9 Å². The summed E-state index contributed by atoms with van der Waals surface area (Å²) in [7, 11) is 0. The van der Waals surface area contributed by atoms with Gasteiger partial charge in [0, 0.05) is 30.0 Å². The van der Waals surface area contributed by atoms with Crippen molar-refractivity contribution in [3.05, 3.63) is 57.0 Å². The summed E-state index contributed by atoms with van der Waals surface area (Å²) in [5, 5.41) is 3.38. The number of rotatable bonds is 7. The van der Waals surface area contributed by atoms with Crippen molar-refractivity contribution in [3.63, 3.8) is 0 Å². The first-order chi connectivity index (χ1) is 14.5. The maximum Gasteiger partial charge on any atom is 0.387 e. The molecule has 1 aliphatic carbocycles. The minimum Gasteiger partial charge on any atom is -0.434 e. The summed E-state index contributed by atoms with van der Waals surface area (Å²) in [6, 6.07) is 6.30. The van der Waals surface area contributed by atoms with E-state index in [-0.39, 0.29) is 36.7 Å². The lowest BCUT2D eigenvalue weighted by molar-refractivity contribution is -0.121. The quantitative estimate of drug-likeness (QED) is 0.617. The van der Waals surface area contributed by atoms with Crippen LogP contribution in [0.4, 0.5) is 8.78 Å². The van der Waals surface area contributed by atoms with Crippen LogP contribution in [0.2, 0.25) is 0 Å². The Labute approximate surface area is 175 Å². The van der Waals surface area contributed by atoms with E-state index in [1.54, 1.807) is 29.5 Å². The molecule has 1 aromatic carbocycles. The van der Waals surface area contributed by atoms with Gasteiger partial charge in [0.2, 0.25) is 5.91 Å². The molecule has 0 aliphatic heterocycles. The number of nitrogens with zero attached hydrogens (tertiary/aromatic N) is 2. The average Bonchev–Trinajstić information content (AvgIpc) is 3.11. The molecule has 0 fully saturated rings. The zero-order chi connectivity index (χ0) is 21.1. The number of halogens is 2. The molecule has 3 aromatic rings. The number of hydrogen-bond donors (Lipinski definition) is 1. The molecule has 0 unspecified atom stereocenters. The largest absolute Gasteiger partial charge is 0.434 e. The Morgan fingerprint density at radius 2 is 2.07 bits per heavy atom. The van der Waals surface area contributed by atoms with E-state index in [9.17, 15) is 18.4 Å². The normalized spacial score (nSPS) is 13.4. The van der Waals surface area contributed by atoms with Crippen LogP contribution in [0.5, 0.6) is 5.75 Å². The van der Waals surface area contributed by atoms with E-state index in [1.165, 1.54) is 21.8 Å². The average molecular weight is 433 g/mol. The number of ether oxygens (including phenoxy) is 1. The molecule has 0 atom stereocenters. The van der Waals surface area contributed by atoms with Crippen molar-refractivity contribution < 1.29 is 18.3 Å². The highest BCUT2D eigenvalue weighted by atomic mass is 32.1. The molecular weight excluding hydrogens is 412 g/mol. The number of aromatic nitrogens is 2. The number of para-hydroxylation sites is 1. The van der Waals surface area contributed by atoms with Crippen molar-refractivity contribution in [1.82, 2.24) is 14.9 Å². The molecule has 2 aromatic heterocycles. The zero-order valence-electron chi connectivity index (χ0n) is 16.2. The molecule has 2 heterocycles. The molecule has 30 heavy (non-hydrogen) atoms. The number of benzene rings is 1. The molecule has 0 spiro atoms. The van der Waals surface area contributed by atoms with Crippen molar-refractivity contribution in [2.45, 2.75) is 51.8 Å². The van der Waals surface area contributed by atoms with Crippen LogP contribution in [0.15, 0.2) is 35.4 Å². The number of aryl methyl sites for hydroxylation is 3. The van der Waals surface area contributed by atoms with Crippen molar-refractivity contribution >= 4 is 27.5 Å². The van der Waals surface area contributed by atoms with Gasteiger partial charge in [0.15, 0.2) is 0 Å². The summed E-state index contributed by atoms with van der Waals surface area (Å²) in [5.74, 6) is -0.262. The molecule has 9 heteroatoms. The number of fused-ring (bicyclic) bond motifs is 3. The van der Waals surface area contributed by atoms with Gasteiger partial charge in [-0.05, 0) is 37.3 Å². The minimum absolute atomic E-state index is 0.0286. The Morgan fingerprint density at radius 1 is 1.27 bits per heavy atom. The van der Waals surface area contributed by atoms with Crippen LogP contribution in [0.3, 0.4) is 0 Å². The van der Waals surface area contributed by atoms with Gasteiger partial charge >= 0.3 is 6.61 Å². The van der Waals surface area contributed by atoms with Crippen LogP contribution in [-0.2, 0) is 30.7 Å². The Balaban J connectivity index is 1.40. The standard InChI is InChI=1S/C21H21F2N3O3S/c22-21(23)29-15-7-3-1-5-13(15)11-24-17(27)9-10-26-12-25-19-18(20(26)28)14-6-2-4-8-16(14)30-19/h1,3,5,7,12,21H,2,4,6,8-11H2,(H,24,27). The third-order valence-corrected chi connectivity index (χ3v) is 6.39. The van der Waals surface area contributed by atoms with Crippen LogP contribution in [-0.4, -0.2) is 22.1 Å². The number of amides is 1. The second-order valence-electron chi connectivity index (χ2n) is 7.15. The fourth-order valence-electron chi connectivity index (χ4n) is 3.71. The van der Waals surface area contributed by atoms with Crippen molar-refractivity contribution in [3.8, 4) is 5.75 Å². The minimum atomic E-state index is -2.93. The van der Waals surface area contributed by atoms with Gasteiger partial charge in [0.1, 0.15) is 10.6 Å². The van der Waals surface area contributed by atoms with E-state index in [0.717, 1.165) is 36.1 Å². The van der Waals surface area contributed by atoms with Gasteiger partial charge in [-0.25, -0.2) is 4.98 Å². The fraction of sp³-hybridized carbons (Fsp3) is 0.381. The molecule has 0 radical (unpaired) electrons. The Hall–Kier alpha value is -2.81. The van der Waals surface area contributed by atoms with Gasteiger partial charge in [-0.15, -0.1) is 11.3 Å². The van der Waals surface area contributed by atoms with Gasteiger partial charge in [-0.3, -0.25) is 14.2 Å². The van der Waals surface area contributed by atoms with E-state index < -0.39 is 6.61 Å². The molecular formula is C21H21F2N3O3S. The van der Waals surface area contributed by atoms with Crippen molar-refractivity contribution in [2.75, 3.05) is 0 Å². The molecule has 0 bridgehead atoms. The number of alkyl halides is 2. The van der Waals surface area contributed by atoms with Crippen LogP contribution < -0.4 is 15.6 Å². The van der Waals surface area contributed by atoms with Gasteiger partial charge in [-0.2, -0.15) is 8.78 Å². The molecule has 1 amide bonds. The van der Waals surface area contributed by atoms with Crippen LogP contribution in [0.25, 0.3) is 10.2 Å². The summed E-state index contributed by atoms with van der Waals surface area (Å²) in [6.07, 6.45) is 5.68. The number of carbonyl (C=O) groups excluding carboxylic acids is 1. The lowest BCUT2D eigenvalue weighted by atomic mass is 9.97. The monoisotopic (exact) mass is 433 g/mol. The lowest BCUT2D eigenvalue weighted by Crippen LogP contribution is -2.27. The zero-order valence-corrected chi connectivity index (χ0v) is 17.0. The predicted molar refractivity (Wildman–Crippen MR) is 110 cm³/mol. The summed E-state index contributed by atoms with van der Waals surface area (Å²) < 4.78 is 30.9. The maximum atomic E-state index is 12.9. The Kier molecular flexibility index (Phi) is 6.08. The highest BCUT2D eigenvalue weighted by Gasteiger charge is 2.20. The van der Waals surface area contributed by atoms with Crippen molar-refractivity contribution in [2.24, 2.45) is 0 Å². The van der Waals surface area contributed by atoms with Crippen LogP contribution in [0, 0.1) is 0 Å². The third kappa shape index (κ3) is 4.35. The molecule has 6 nitrogen and oxygen atoms in total. The smallest absolute Gasteiger partial charge is 0.387 e. The molecule has 4 rings (SSSR count). The molecule has 0 saturated heterocycles. The molecule has 1 N–H and O–H groups in total. The number of hydrogen-bond acceptors (Lipinski definition) is 5. The van der Waals surface area contributed by atoms with E-state index in [2.05, 4.69) is 15.0 Å². The molecule has 1 aliphatic rings. The number of carbonyl (C=O) groups is 1. The summed E-state index contributed by atoms with van der Waals surface area (Å²) >= 11 is 1.59. The summed E-state index contributed by atoms with van der Waals surface area (Å²) in [5.41, 5.74) is 1.47. The van der Waals surface area contributed by atoms with Gasteiger partial charge in [-0.1, -0.05) is 18.2 Å². The highest BCUT2D eigenvalue weighted by Crippen LogP contribution is 2.33. The molecule has 0 saturated carbocycles. The first kappa shape index (κ1) is 20.5. The number of thiophene rings is 1. The van der Waals surface area contributed by atoms with Gasteiger partial charge in [0.05, 0.1) is 11.7 Å². The highest BCUT2D eigenvalue weighted by molar-refractivity contribution is 7.18. The third-order valence-electron chi connectivity index (χ3n) is 5.19. The number of nitrogens with one attached hydrogen (secondary N) is 1. The summed E-state index contributed by atoms with van der Waals surface area (Å²) in [6.45, 7) is -2.67. The first-order valence-corrected chi connectivity index (χ1v) is 10.6. The lowest BCUT2D eigenvalue weighted by Gasteiger charge is -2.12. The van der Waals surface area contributed by atoms with Gasteiger partial charge < -0.3 is 10.1 Å². The second kappa shape index (κ2) is 8.91. The SMILES string of the molecule is O=C(CCn1cnc2sc3c(c2c1=O)CCCC3)NCc1ccccc1OC(F)F. The van der Waals surface area contributed by atoms with Crippen LogP contribution >= 0.6 is 11.3 Å². The first-order valence-electron chi connectivity index (χ1n) is 9.82. The Morgan fingerprint density at radius 3 is 2.90 bits per heavy atom. The van der Waals surface area contributed by atoms with E-state index >= 15 is 0 Å². The van der Waals surface area contributed by atoms with Crippen LogP contribution in [0.1, 0.15) is 35.3 Å². The fourth-order valence-corrected chi connectivity index (χ4v) is 4.92. The van der Waals surface area contributed by atoms with Gasteiger partial charge in [0.25, 0.3) is 5.56 Å². The second-order valence-corrected chi connectivity index (χ2v) is 8.23. The topological polar surface area (TPSA) is 73.2 Å². The van der Waals surface area contributed by atoms with Crippen molar-refractivity contribution in [1.29, 1.82) is 0 Å². The predicted octanol–water partition coefficient (Wildman–Crippen LogP) is 3.64.